The van der Waals surface area contributed by atoms with Crippen molar-refractivity contribution in [1.29, 1.82) is 0 Å². The van der Waals surface area contributed by atoms with Crippen LogP contribution < -0.4 is 5.73 Å². The fraction of sp³-hybridized carbons (Fsp3) is 0.500. The molecule has 2 heterocycles. The second-order valence-electron chi connectivity index (χ2n) is 6.92. The molecule has 5 heteroatoms. The van der Waals surface area contributed by atoms with Crippen LogP contribution in [0.15, 0.2) is 28.3 Å². The van der Waals surface area contributed by atoms with E-state index in [0.29, 0.717) is 24.5 Å². The van der Waals surface area contributed by atoms with Crippen molar-refractivity contribution < 1.29 is 14.0 Å². The van der Waals surface area contributed by atoms with Gasteiger partial charge in [-0.3, -0.25) is 9.59 Å². The average molecular weight is 288 g/mol. The summed E-state index contributed by atoms with van der Waals surface area (Å²) >= 11 is 0. The summed E-state index contributed by atoms with van der Waals surface area (Å²) in [5.41, 5.74) is 5.56. The van der Waals surface area contributed by atoms with Gasteiger partial charge in [0.1, 0.15) is 5.76 Å². The van der Waals surface area contributed by atoms with E-state index in [1.165, 1.54) is 0 Å². The van der Waals surface area contributed by atoms with Gasteiger partial charge in [-0.15, -0.1) is 0 Å². The number of nitrogens with two attached hydrogens (primary N) is 1. The van der Waals surface area contributed by atoms with Gasteiger partial charge in [-0.25, -0.2) is 0 Å². The molecular formula is C16H20N2O3. The van der Waals surface area contributed by atoms with E-state index in [-0.39, 0.29) is 17.1 Å². The predicted octanol–water partition coefficient (Wildman–Crippen LogP) is 1.87. The summed E-state index contributed by atoms with van der Waals surface area (Å²) in [4.78, 5) is 26.1. The number of hydrogen-bond donors (Lipinski definition) is 1. The maximum Gasteiger partial charge on any atom is 0.289 e. The summed E-state index contributed by atoms with van der Waals surface area (Å²) < 4.78 is 5.37. The zero-order valence-electron chi connectivity index (χ0n) is 12.6. The van der Waals surface area contributed by atoms with E-state index < -0.39 is 5.41 Å². The van der Waals surface area contributed by atoms with Crippen LogP contribution in [0.25, 0.3) is 0 Å². The van der Waals surface area contributed by atoms with Gasteiger partial charge in [-0.05, 0) is 31.6 Å². The van der Waals surface area contributed by atoms with Gasteiger partial charge in [0, 0.05) is 23.9 Å². The molecule has 1 aliphatic heterocycles. The number of Topliss-reactive ketones (excluding diaryl/α,β-unsaturated/α-hetero) is 1. The first-order chi connectivity index (χ1) is 9.72. The molecule has 0 atom stereocenters. The highest BCUT2D eigenvalue weighted by atomic mass is 16.3. The van der Waals surface area contributed by atoms with Crippen molar-refractivity contribution in [3.8, 4) is 0 Å². The quantitative estimate of drug-likeness (QED) is 0.856. The first kappa shape index (κ1) is 13.9. The third kappa shape index (κ3) is 2.17. The topological polar surface area (TPSA) is 76.5 Å². The predicted molar refractivity (Wildman–Crippen MR) is 77.5 cm³/mol. The van der Waals surface area contributed by atoms with Crippen molar-refractivity contribution in [3.63, 3.8) is 0 Å². The van der Waals surface area contributed by atoms with Crippen LogP contribution in [0.1, 0.15) is 36.6 Å². The highest BCUT2D eigenvalue weighted by molar-refractivity contribution is 6.00. The van der Waals surface area contributed by atoms with E-state index in [4.69, 9.17) is 10.2 Å². The zero-order valence-corrected chi connectivity index (χ0v) is 12.6. The van der Waals surface area contributed by atoms with Crippen LogP contribution in [-0.2, 0) is 4.79 Å². The number of allylic oxidation sites excluding steroid dienone is 1. The van der Waals surface area contributed by atoms with Gasteiger partial charge >= 0.3 is 0 Å². The fourth-order valence-electron chi connectivity index (χ4n) is 3.56. The Morgan fingerprint density at radius 2 is 2.00 bits per heavy atom. The number of hydrogen-bond acceptors (Lipinski definition) is 4. The van der Waals surface area contributed by atoms with Crippen LogP contribution >= 0.6 is 0 Å². The molecule has 1 saturated heterocycles. The van der Waals surface area contributed by atoms with Gasteiger partial charge in [-0.1, -0.05) is 13.8 Å². The Kier molecular flexibility index (Phi) is 2.80. The number of ketones is 1. The SMILES string of the molecule is Cc1ccc(C(=O)N2CC3(C=C(N)C(=O)C(C)(C)C3)C2)o1. The average Bonchev–Trinajstić information content (AvgIpc) is 2.78. The molecule has 5 nitrogen and oxygen atoms in total. The number of carbonyl (C=O) groups excluding carboxylic acids is 2. The Hall–Kier alpha value is -2.04. The molecule has 0 saturated carbocycles. The smallest absolute Gasteiger partial charge is 0.289 e. The van der Waals surface area contributed by atoms with Crippen LogP contribution in [0, 0.1) is 17.8 Å². The number of aryl methyl sites for hydroxylation is 1. The Morgan fingerprint density at radius 1 is 1.33 bits per heavy atom. The van der Waals surface area contributed by atoms with E-state index in [2.05, 4.69) is 0 Å². The highest BCUT2D eigenvalue weighted by Gasteiger charge is 2.52. The molecule has 1 aliphatic carbocycles. The van der Waals surface area contributed by atoms with Crippen LogP contribution in [0.4, 0.5) is 0 Å². The van der Waals surface area contributed by atoms with Crippen molar-refractivity contribution in [2.45, 2.75) is 27.2 Å². The Labute approximate surface area is 123 Å². The minimum absolute atomic E-state index is 0.000407. The lowest BCUT2D eigenvalue weighted by Crippen LogP contribution is -2.61. The first-order valence-corrected chi connectivity index (χ1v) is 7.11. The minimum atomic E-state index is -0.463. The molecule has 0 radical (unpaired) electrons. The van der Waals surface area contributed by atoms with Crippen molar-refractivity contribution in [2.75, 3.05) is 13.1 Å². The summed E-state index contributed by atoms with van der Waals surface area (Å²) in [5.74, 6) is 0.988. The monoisotopic (exact) mass is 288 g/mol. The molecule has 1 amide bonds. The molecule has 3 rings (SSSR count). The number of rotatable bonds is 1. The number of furan rings is 1. The molecule has 1 fully saturated rings. The number of nitrogens with zero attached hydrogens (tertiary/aromatic N) is 1. The lowest BCUT2D eigenvalue weighted by Gasteiger charge is -2.53. The number of carbonyl (C=O) groups is 2. The molecule has 112 valence electrons. The second-order valence-corrected chi connectivity index (χ2v) is 6.92. The maximum atomic E-state index is 12.3. The molecule has 0 bridgehead atoms. The summed E-state index contributed by atoms with van der Waals surface area (Å²) in [6.07, 6.45) is 2.57. The summed E-state index contributed by atoms with van der Waals surface area (Å²) in [7, 11) is 0. The minimum Gasteiger partial charge on any atom is -0.456 e. The third-order valence-electron chi connectivity index (χ3n) is 4.38. The molecule has 1 spiro atoms. The molecular weight excluding hydrogens is 268 g/mol. The molecule has 0 unspecified atom stereocenters. The van der Waals surface area contributed by atoms with Gasteiger partial charge in [-0.2, -0.15) is 0 Å². The zero-order chi connectivity index (χ0) is 15.4. The van der Waals surface area contributed by atoms with Crippen LogP contribution in [0.5, 0.6) is 0 Å². The van der Waals surface area contributed by atoms with E-state index >= 15 is 0 Å². The van der Waals surface area contributed by atoms with Gasteiger partial charge in [0.2, 0.25) is 0 Å². The normalized spacial score (nSPS) is 22.9. The van der Waals surface area contributed by atoms with E-state index in [0.717, 1.165) is 12.2 Å². The van der Waals surface area contributed by atoms with E-state index in [1.54, 1.807) is 17.0 Å². The Morgan fingerprint density at radius 3 is 2.52 bits per heavy atom. The number of amides is 1. The van der Waals surface area contributed by atoms with Crippen molar-refractivity contribution >= 4 is 11.7 Å². The lowest BCUT2D eigenvalue weighted by molar-refractivity contribution is -0.127. The van der Waals surface area contributed by atoms with Crippen molar-refractivity contribution in [1.82, 2.24) is 4.90 Å². The lowest BCUT2D eigenvalue weighted by atomic mass is 9.62. The van der Waals surface area contributed by atoms with Crippen molar-refractivity contribution in [2.24, 2.45) is 16.6 Å². The van der Waals surface area contributed by atoms with Gasteiger partial charge < -0.3 is 15.1 Å². The summed E-state index contributed by atoms with van der Waals surface area (Å²) in [6.45, 7) is 6.81. The van der Waals surface area contributed by atoms with E-state index in [1.807, 2.05) is 26.8 Å². The molecule has 21 heavy (non-hydrogen) atoms. The third-order valence-corrected chi connectivity index (χ3v) is 4.38. The molecule has 2 N–H and O–H groups in total. The van der Waals surface area contributed by atoms with Gasteiger partial charge in [0.15, 0.2) is 11.5 Å². The Balaban J connectivity index is 1.76. The highest BCUT2D eigenvalue weighted by Crippen LogP contribution is 2.47. The fourth-order valence-corrected chi connectivity index (χ4v) is 3.56. The number of likely N-dealkylation sites (tertiary alicyclic amines) is 1. The van der Waals surface area contributed by atoms with Gasteiger partial charge in [0.25, 0.3) is 5.91 Å². The van der Waals surface area contributed by atoms with Crippen LogP contribution in [0.3, 0.4) is 0 Å². The summed E-state index contributed by atoms with van der Waals surface area (Å²) in [5, 5.41) is 0. The van der Waals surface area contributed by atoms with Crippen molar-refractivity contribution in [3.05, 3.63) is 35.4 Å². The molecule has 1 aromatic heterocycles. The molecule has 1 aromatic rings. The molecule has 2 aliphatic rings. The largest absolute Gasteiger partial charge is 0.456 e. The summed E-state index contributed by atoms with van der Waals surface area (Å²) in [6, 6.07) is 3.48. The van der Waals surface area contributed by atoms with E-state index in [9.17, 15) is 9.59 Å². The molecule has 0 aromatic carbocycles. The second kappa shape index (κ2) is 4.23. The van der Waals surface area contributed by atoms with Crippen LogP contribution in [-0.4, -0.2) is 29.7 Å². The first-order valence-electron chi connectivity index (χ1n) is 7.11. The Bertz CT molecular complexity index is 648. The van der Waals surface area contributed by atoms with Gasteiger partial charge in [0.05, 0.1) is 5.70 Å². The standard InChI is InChI=1S/C16H20N2O3/c1-10-4-5-12(21-10)14(20)18-8-16(9-18)6-11(17)13(19)15(2,3)7-16/h4-6H,7-9,17H2,1-3H3. The van der Waals surface area contributed by atoms with Crippen LogP contribution in [0.2, 0.25) is 0 Å². The maximum absolute atomic E-state index is 12.3.